The van der Waals surface area contributed by atoms with Gasteiger partial charge >= 0.3 is 0 Å². The van der Waals surface area contributed by atoms with Crippen LogP contribution in [0.3, 0.4) is 0 Å². The number of aromatic hydroxyl groups is 1. The summed E-state index contributed by atoms with van der Waals surface area (Å²) in [5, 5.41) is 21.2. The molecule has 4 nitrogen and oxygen atoms in total. The number of piperidine rings is 3. The van der Waals surface area contributed by atoms with Gasteiger partial charge in [0.25, 0.3) is 0 Å². The van der Waals surface area contributed by atoms with Crippen molar-refractivity contribution in [1.82, 2.24) is 4.98 Å². The molecule has 0 radical (unpaired) electrons. The molecule has 4 aliphatic rings. The molecule has 5 atom stereocenters. The van der Waals surface area contributed by atoms with Crippen molar-refractivity contribution in [3.8, 4) is 5.75 Å². The summed E-state index contributed by atoms with van der Waals surface area (Å²) in [6, 6.07) is 6.58. The first-order valence-electron chi connectivity index (χ1n) is 9.01. The van der Waals surface area contributed by atoms with Gasteiger partial charge in [-0.05, 0) is 36.3 Å². The number of hydrogen-bond acceptors (Lipinski definition) is 2. The van der Waals surface area contributed by atoms with Crippen molar-refractivity contribution in [3.63, 3.8) is 0 Å². The number of aromatic amines is 1. The summed E-state index contributed by atoms with van der Waals surface area (Å²) in [7, 11) is 2.38. The first kappa shape index (κ1) is 14.6. The van der Waals surface area contributed by atoms with Crippen molar-refractivity contribution in [2.24, 2.45) is 11.8 Å². The highest BCUT2D eigenvalue weighted by Crippen LogP contribution is 2.57. The first-order chi connectivity index (χ1) is 11.6. The third-order valence-electron chi connectivity index (χ3n) is 7.21. The lowest BCUT2D eigenvalue weighted by atomic mass is 9.62. The Morgan fingerprint density at radius 3 is 2.96 bits per heavy atom. The molecule has 3 unspecified atom stereocenters. The molecule has 1 aromatic carbocycles. The summed E-state index contributed by atoms with van der Waals surface area (Å²) in [6.07, 6.45) is 4.39. The number of quaternary nitrogens is 1. The Morgan fingerprint density at radius 1 is 1.38 bits per heavy atom. The predicted octanol–water partition coefficient (Wildman–Crippen LogP) is 2.87. The molecule has 0 amide bonds. The zero-order chi connectivity index (χ0) is 16.6. The van der Waals surface area contributed by atoms with Crippen molar-refractivity contribution < 1.29 is 14.7 Å². The lowest BCUT2D eigenvalue weighted by Gasteiger charge is -2.62. The minimum Gasteiger partial charge on any atom is -0.508 e. The maximum absolute atomic E-state index is 10.1. The molecule has 1 aromatic heterocycles. The molecule has 3 saturated heterocycles. The van der Waals surface area contributed by atoms with Gasteiger partial charge in [0.2, 0.25) is 0 Å². The lowest BCUT2D eigenvalue weighted by Crippen LogP contribution is -2.70. The molecule has 0 spiro atoms. The second kappa shape index (κ2) is 4.64. The summed E-state index contributed by atoms with van der Waals surface area (Å²) in [5.74, 6) is 1.20. The molecule has 24 heavy (non-hydrogen) atoms. The Hall–Kier alpha value is -1.78. The molecule has 3 N–H and O–H groups in total. The lowest BCUT2D eigenvalue weighted by molar-refractivity contribution is -0.978. The van der Waals surface area contributed by atoms with Crippen LogP contribution in [-0.4, -0.2) is 45.9 Å². The second-order valence-corrected chi connectivity index (χ2v) is 8.09. The fraction of sp³-hybridized carbons (Fsp3) is 0.500. The van der Waals surface area contributed by atoms with E-state index in [2.05, 4.69) is 25.0 Å². The van der Waals surface area contributed by atoms with Crippen molar-refractivity contribution in [3.05, 3.63) is 41.1 Å². The van der Waals surface area contributed by atoms with Gasteiger partial charge in [-0.1, -0.05) is 6.08 Å². The SMILES string of the molecule is CC=C1C[N+]2(C)[C@H]3CC1C(CO)[C@@H]2Cc1c3[nH]c2ccc(O)cc12. The number of rotatable bonds is 1. The fourth-order valence-electron chi connectivity index (χ4n) is 6.05. The van der Waals surface area contributed by atoms with Crippen LogP contribution in [0.15, 0.2) is 29.8 Å². The van der Waals surface area contributed by atoms with Gasteiger partial charge in [-0.2, -0.15) is 0 Å². The number of fused-ring (bicyclic) bond motifs is 4. The van der Waals surface area contributed by atoms with Gasteiger partial charge in [0.15, 0.2) is 0 Å². The van der Waals surface area contributed by atoms with E-state index in [4.69, 9.17) is 0 Å². The molecule has 3 fully saturated rings. The Labute approximate surface area is 142 Å². The number of nitrogens with zero attached hydrogens (tertiary/aromatic N) is 1. The van der Waals surface area contributed by atoms with E-state index >= 15 is 0 Å². The van der Waals surface area contributed by atoms with Crippen molar-refractivity contribution in [2.45, 2.75) is 31.8 Å². The maximum atomic E-state index is 10.1. The van der Waals surface area contributed by atoms with Gasteiger partial charge in [-0.25, -0.2) is 0 Å². The van der Waals surface area contributed by atoms with Crippen molar-refractivity contribution >= 4 is 10.9 Å². The highest BCUT2D eigenvalue weighted by Gasteiger charge is 2.61. The normalized spacial score (nSPS) is 38.7. The zero-order valence-corrected chi connectivity index (χ0v) is 14.3. The number of benzene rings is 1. The molecule has 126 valence electrons. The number of phenolic OH excluding ortho intramolecular Hbond substituents is 1. The molecule has 2 aromatic rings. The number of allylic oxidation sites excluding steroid dienone is 1. The van der Waals surface area contributed by atoms with E-state index in [1.54, 1.807) is 6.07 Å². The standard InChI is InChI=1S/C20H24N2O2/c1-3-11-9-22(2)18-8-15-14-6-12(24)4-5-17(14)21-20(15)19(22)7-13(11)16(18)10-23/h3-6,13,16,18-19,21,23H,7-10H2,1-2H3/p+1/t13?,16?,18-,19-,22?/m0/s1. The summed E-state index contributed by atoms with van der Waals surface area (Å²) in [5.41, 5.74) is 5.39. The van der Waals surface area contributed by atoms with Crippen LogP contribution in [0, 0.1) is 11.8 Å². The summed E-state index contributed by atoms with van der Waals surface area (Å²) in [4.78, 5) is 3.67. The highest BCUT2D eigenvalue weighted by atomic mass is 16.3. The number of aliphatic hydroxyl groups excluding tert-OH is 1. The number of aliphatic hydroxyl groups is 1. The van der Waals surface area contributed by atoms with E-state index in [1.807, 2.05) is 12.1 Å². The topological polar surface area (TPSA) is 56.2 Å². The van der Waals surface area contributed by atoms with E-state index in [0.29, 0.717) is 29.7 Å². The summed E-state index contributed by atoms with van der Waals surface area (Å²) >= 11 is 0. The van der Waals surface area contributed by atoms with E-state index < -0.39 is 0 Å². The second-order valence-electron chi connectivity index (χ2n) is 8.09. The van der Waals surface area contributed by atoms with Gasteiger partial charge in [-0.3, -0.25) is 0 Å². The van der Waals surface area contributed by atoms with Crippen LogP contribution in [0.5, 0.6) is 5.75 Å². The Balaban J connectivity index is 1.73. The Kier molecular flexibility index (Phi) is 2.82. The number of phenols is 1. The van der Waals surface area contributed by atoms with E-state index in [0.717, 1.165) is 34.8 Å². The van der Waals surface area contributed by atoms with E-state index in [-0.39, 0.29) is 6.61 Å². The average molecular weight is 325 g/mol. The van der Waals surface area contributed by atoms with Crippen LogP contribution in [0.1, 0.15) is 30.6 Å². The molecular weight excluding hydrogens is 300 g/mol. The van der Waals surface area contributed by atoms with Gasteiger partial charge in [0, 0.05) is 35.6 Å². The Morgan fingerprint density at radius 2 is 2.21 bits per heavy atom. The number of likely N-dealkylation sites (N-methyl/N-ethyl adjacent to an activating group) is 1. The summed E-state index contributed by atoms with van der Waals surface area (Å²) < 4.78 is 1.02. The first-order valence-corrected chi connectivity index (χ1v) is 9.01. The summed E-state index contributed by atoms with van der Waals surface area (Å²) in [6.45, 7) is 3.52. The molecule has 4 aliphatic heterocycles. The number of hydrogen-bond donors (Lipinski definition) is 3. The molecule has 6 rings (SSSR count). The smallest absolute Gasteiger partial charge is 0.131 e. The van der Waals surface area contributed by atoms with Crippen LogP contribution in [0.2, 0.25) is 0 Å². The minimum atomic E-state index is 0.274. The molecule has 0 saturated carbocycles. The van der Waals surface area contributed by atoms with Crippen molar-refractivity contribution in [2.75, 3.05) is 20.2 Å². The monoisotopic (exact) mass is 325 g/mol. The van der Waals surface area contributed by atoms with Gasteiger partial charge < -0.3 is 19.7 Å². The predicted molar refractivity (Wildman–Crippen MR) is 93.7 cm³/mol. The molecule has 0 aliphatic carbocycles. The van der Waals surface area contributed by atoms with Crippen LogP contribution in [0.25, 0.3) is 10.9 Å². The van der Waals surface area contributed by atoms with Crippen molar-refractivity contribution in [1.29, 1.82) is 0 Å². The van der Waals surface area contributed by atoms with Crippen LogP contribution < -0.4 is 0 Å². The Bertz CT molecular complexity index is 868. The average Bonchev–Trinajstić information content (AvgIpc) is 2.91. The van der Waals surface area contributed by atoms with Crippen LogP contribution >= 0.6 is 0 Å². The number of nitrogens with one attached hydrogen (secondary N) is 1. The van der Waals surface area contributed by atoms with Gasteiger partial charge in [0.05, 0.1) is 25.4 Å². The quantitative estimate of drug-likeness (QED) is 0.558. The third kappa shape index (κ3) is 1.60. The molecule has 4 bridgehead atoms. The highest BCUT2D eigenvalue weighted by molar-refractivity contribution is 5.86. The van der Waals surface area contributed by atoms with Crippen LogP contribution in [0.4, 0.5) is 0 Å². The fourth-order valence-corrected chi connectivity index (χ4v) is 6.05. The number of aromatic nitrogens is 1. The van der Waals surface area contributed by atoms with E-state index in [9.17, 15) is 10.2 Å². The third-order valence-corrected chi connectivity index (χ3v) is 7.21. The zero-order valence-electron chi connectivity index (χ0n) is 14.3. The van der Waals surface area contributed by atoms with Gasteiger partial charge in [-0.15, -0.1) is 0 Å². The number of H-pyrrole nitrogens is 1. The largest absolute Gasteiger partial charge is 0.508 e. The van der Waals surface area contributed by atoms with E-state index in [1.165, 1.54) is 16.8 Å². The van der Waals surface area contributed by atoms with Gasteiger partial charge in [0.1, 0.15) is 18.3 Å². The van der Waals surface area contributed by atoms with Crippen LogP contribution in [-0.2, 0) is 6.42 Å². The minimum absolute atomic E-state index is 0.274. The molecular formula is C20H25N2O2+. The maximum Gasteiger partial charge on any atom is 0.131 e. The molecule has 5 heterocycles. The molecule has 4 heteroatoms.